The number of nitrogens with one attached hydrogen (secondary N) is 1. The zero-order valence-corrected chi connectivity index (χ0v) is 12.3. The molecule has 3 N–H and O–H groups in total. The van der Waals surface area contributed by atoms with Crippen LogP contribution < -0.4 is 11.1 Å². The first kappa shape index (κ1) is 13.4. The second-order valence-electron chi connectivity index (χ2n) is 7.91. The topological polar surface area (TPSA) is 55.1 Å². The highest BCUT2D eigenvalue weighted by molar-refractivity contribution is 5.81. The fraction of sp³-hybridized carbons (Fsp3) is 0.938. The van der Waals surface area contributed by atoms with E-state index in [-0.39, 0.29) is 17.9 Å². The Morgan fingerprint density at radius 2 is 1.63 bits per heavy atom. The molecular weight excluding hydrogens is 236 g/mol. The molecule has 108 valence electrons. The van der Waals surface area contributed by atoms with Crippen LogP contribution in [0.25, 0.3) is 0 Å². The van der Waals surface area contributed by atoms with Gasteiger partial charge in [-0.3, -0.25) is 4.79 Å². The third-order valence-corrected chi connectivity index (χ3v) is 5.82. The average molecular weight is 264 g/mol. The summed E-state index contributed by atoms with van der Waals surface area (Å²) in [6, 6.07) is -0.353. The molecule has 0 aliphatic heterocycles. The smallest absolute Gasteiger partial charge is 0.237 e. The summed E-state index contributed by atoms with van der Waals surface area (Å²) in [6.07, 6.45) is 8.40. The molecular formula is C16H28N2O. The maximum absolute atomic E-state index is 12.0. The molecule has 4 rings (SSSR count). The summed E-state index contributed by atoms with van der Waals surface area (Å²) in [5.74, 6) is 3.10. The van der Waals surface area contributed by atoms with Crippen molar-refractivity contribution in [2.45, 2.75) is 58.4 Å². The minimum atomic E-state index is -0.353. The van der Waals surface area contributed by atoms with Gasteiger partial charge >= 0.3 is 0 Å². The molecule has 0 spiro atoms. The number of hydrogen-bond donors (Lipinski definition) is 2. The van der Waals surface area contributed by atoms with Crippen molar-refractivity contribution in [1.82, 2.24) is 5.32 Å². The number of nitrogens with two attached hydrogens (primary N) is 1. The maximum atomic E-state index is 12.0. The number of carbonyl (C=O) groups is 1. The molecule has 0 radical (unpaired) electrons. The lowest BCUT2D eigenvalue weighted by molar-refractivity contribution is -0.125. The van der Waals surface area contributed by atoms with Crippen LogP contribution >= 0.6 is 0 Å². The lowest BCUT2D eigenvalue weighted by Gasteiger charge is -2.57. The van der Waals surface area contributed by atoms with Crippen LogP contribution in [0.15, 0.2) is 0 Å². The van der Waals surface area contributed by atoms with Crippen molar-refractivity contribution in [3.63, 3.8) is 0 Å². The Morgan fingerprint density at radius 3 is 2.05 bits per heavy atom. The van der Waals surface area contributed by atoms with Crippen molar-refractivity contribution in [1.29, 1.82) is 0 Å². The van der Waals surface area contributed by atoms with Gasteiger partial charge in [-0.05, 0) is 67.6 Å². The molecule has 0 aromatic heterocycles. The Hall–Kier alpha value is -0.570. The SMILES string of the molecule is CC(C)[C@@H](N)C(=O)NCC12CC3CC(CC(C3)C1)C2. The van der Waals surface area contributed by atoms with E-state index in [1.807, 2.05) is 13.8 Å². The summed E-state index contributed by atoms with van der Waals surface area (Å²) in [5, 5.41) is 3.16. The Morgan fingerprint density at radius 1 is 1.16 bits per heavy atom. The van der Waals surface area contributed by atoms with Crippen molar-refractivity contribution in [2.75, 3.05) is 6.54 Å². The number of hydrogen-bond acceptors (Lipinski definition) is 2. The van der Waals surface area contributed by atoms with E-state index in [0.29, 0.717) is 5.41 Å². The zero-order chi connectivity index (χ0) is 13.6. The second kappa shape index (κ2) is 4.76. The minimum absolute atomic E-state index is 0.0470. The Bertz CT molecular complexity index is 328. The standard InChI is InChI=1S/C16H28N2O/c1-10(2)14(17)15(19)18-9-16-6-11-3-12(7-16)5-13(4-11)8-16/h10-14H,3-9,17H2,1-2H3,(H,18,19)/t11?,12?,13?,14-,16?/m1/s1. The van der Waals surface area contributed by atoms with Crippen LogP contribution in [-0.4, -0.2) is 18.5 Å². The molecule has 0 unspecified atom stereocenters. The lowest BCUT2D eigenvalue weighted by Crippen LogP contribution is -2.53. The van der Waals surface area contributed by atoms with Crippen LogP contribution in [0.3, 0.4) is 0 Å². The monoisotopic (exact) mass is 264 g/mol. The van der Waals surface area contributed by atoms with E-state index in [1.54, 1.807) is 0 Å². The summed E-state index contributed by atoms with van der Waals surface area (Å²) in [5.41, 5.74) is 6.34. The van der Waals surface area contributed by atoms with Crippen molar-refractivity contribution in [3.8, 4) is 0 Å². The van der Waals surface area contributed by atoms with Crippen molar-refractivity contribution >= 4 is 5.91 Å². The molecule has 0 heterocycles. The van der Waals surface area contributed by atoms with Crippen LogP contribution in [-0.2, 0) is 4.79 Å². The predicted octanol–water partition coefficient (Wildman–Crippen LogP) is 2.30. The highest BCUT2D eigenvalue weighted by Crippen LogP contribution is 2.59. The van der Waals surface area contributed by atoms with E-state index in [4.69, 9.17) is 5.73 Å². The van der Waals surface area contributed by atoms with Crippen molar-refractivity contribution in [3.05, 3.63) is 0 Å². The van der Waals surface area contributed by atoms with Gasteiger partial charge in [-0.15, -0.1) is 0 Å². The van der Waals surface area contributed by atoms with Gasteiger partial charge in [-0.2, -0.15) is 0 Å². The molecule has 4 aliphatic carbocycles. The van der Waals surface area contributed by atoms with Gasteiger partial charge in [0, 0.05) is 6.54 Å². The highest BCUT2D eigenvalue weighted by Gasteiger charge is 2.50. The summed E-state index contributed by atoms with van der Waals surface area (Å²) in [7, 11) is 0. The Balaban J connectivity index is 1.59. The number of amides is 1. The molecule has 0 aromatic rings. The molecule has 0 aromatic carbocycles. The molecule has 1 atom stereocenters. The fourth-order valence-corrected chi connectivity index (χ4v) is 5.20. The summed E-state index contributed by atoms with van der Waals surface area (Å²) in [4.78, 5) is 12.0. The van der Waals surface area contributed by atoms with E-state index in [2.05, 4.69) is 5.32 Å². The van der Waals surface area contributed by atoms with E-state index in [1.165, 1.54) is 38.5 Å². The van der Waals surface area contributed by atoms with Crippen LogP contribution in [0.4, 0.5) is 0 Å². The molecule has 0 saturated heterocycles. The first-order valence-corrected chi connectivity index (χ1v) is 8.01. The third kappa shape index (κ3) is 2.54. The van der Waals surface area contributed by atoms with Crippen LogP contribution in [0.5, 0.6) is 0 Å². The quantitative estimate of drug-likeness (QED) is 0.818. The average Bonchev–Trinajstić information content (AvgIpc) is 2.33. The van der Waals surface area contributed by atoms with Crippen LogP contribution in [0, 0.1) is 29.1 Å². The summed E-state index contributed by atoms with van der Waals surface area (Å²) >= 11 is 0. The van der Waals surface area contributed by atoms with Gasteiger partial charge < -0.3 is 11.1 Å². The Labute approximate surface area is 116 Å². The molecule has 4 fully saturated rings. The predicted molar refractivity (Wildman–Crippen MR) is 76.4 cm³/mol. The molecule has 1 amide bonds. The van der Waals surface area contributed by atoms with Gasteiger partial charge in [0.2, 0.25) is 5.91 Å². The Kier molecular flexibility index (Phi) is 3.36. The first-order valence-electron chi connectivity index (χ1n) is 8.01. The van der Waals surface area contributed by atoms with Gasteiger partial charge in [0.05, 0.1) is 6.04 Å². The first-order chi connectivity index (χ1) is 8.97. The molecule has 3 nitrogen and oxygen atoms in total. The van der Waals surface area contributed by atoms with Gasteiger partial charge in [0.25, 0.3) is 0 Å². The summed E-state index contributed by atoms with van der Waals surface area (Å²) < 4.78 is 0. The largest absolute Gasteiger partial charge is 0.354 e. The van der Waals surface area contributed by atoms with E-state index < -0.39 is 0 Å². The highest BCUT2D eigenvalue weighted by atomic mass is 16.2. The van der Waals surface area contributed by atoms with Crippen molar-refractivity contribution in [2.24, 2.45) is 34.8 Å². The van der Waals surface area contributed by atoms with Gasteiger partial charge in [-0.25, -0.2) is 0 Å². The van der Waals surface area contributed by atoms with Crippen LogP contribution in [0.2, 0.25) is 0 Å². The van der Waals surface area contributed by atoms with E-state index in [9.17, 15) is 4.79 Å². The second-order valence-corrected chi connectivity index (χ2v) is 7.91. The minimum Gasteiger partial charge on any atom is -0.354 e. The molecule has 4 bridgehead atoms. The van der Waals surface area contributed by atoms with Crippen molar-refractivity contribution < 1.29 is 4.79 Å². The number of rotatable bonds is 4. The van der Waals surface area contributed by atoms with Gasteiger partial charge in [-0.1, -0.05) is 13.8 Å². The van der Waals surface area contributed by atoms with Crippen LogP contribution in [0.1, 0.15) is 52.4 Å². The lowest BCUT2D eigenvalue weighted by atomic mass is 9.49. The van der Waals surface area contributed by atoms with E-state index >= 15 is 0 Å². The number of carbonyl (C=O) groups excluding carboxylic acids is 1. The fourth-order valence-electron chi connectivity index (χ4n) is 5.20. The molecule has 19 heavy (non-hydrogen) atoms. The van der Waals surface area contributed by atoms with Gasteiger partial charge in [0.15, 0.2) is 0 Å². The summed E-state index contributed by atoms with van der Waals surface area (Å²) in [6.45, 7) is 4.89. The van der Waals surface area contributed by atoms with Gasteiger partial charge in [0.1, 0.15) is 0 Å². The third-order valence-electron chi connectivity index (χ3n) is 5.82. The molecule has 3 heteroatoms. The molecule has 4 aliphatic rings. The van der Waals surface area contributed by atoms with E-state index in [0.717, 1.165) is 24.3 Å². The maximum Gasteiger partial charge on any atom is 0.237 e. The zero-order valence-electron chi connectivity index (χ0n) is 12.3. The normalized spacial score (nSPS) is 41.6. The molecule has 4 saturated carbocycles.